The number of amides is 2. The molecule has 3 aliphatic rings. The van der Waals surface area contributed by atoms with E-state index < -0.39 is 6.04 Å². The Morgan fingerprint density at radius 2 is 1.77 bits per heavy atom. The number of carbonyl (C=O) groups excluding carboxylic acids is 2. The Labute approximate surface area is 319 Å². The summed E-state index contributed by atoms with van der Waals surface area (Å²) < 4.78 is 1.73. The fourth-order valence-electron chi connectivity index (χ4n) is 7.56. The molecule has 0 radical (unpaired) electrons. The molecule has 1 unspecified atom stereocenters. The Morgan fingerprint density at radius 1 is 1.00 bits per heavy atom. The Balaban J connectivity index is 0.885. The van der Waals surface area contributed by atoms with Gasteiger partial charge in [-0.25, -0.2) is 14.6 Å². The molecule has 3 aromatic heterocycles. The summed E-state index contributed by atoms with van der Waals surface area (Å²) in [5, 5.41) is 28.2. The number of hydrogen-bond acceptors (Lipinski definition) is 11. The van der Waals surface area contributed by atoms with Gasteiger partial charge in [0.15, 0.2) is 0 Å². The molecule has 15 heteroatoms. The molecule has 5 heterocycles. The Morgan fingerprint density at radius 3 is 2.49 bits per heavy atom. The van der Waals surface area contributed by atoms with Gasteiger partial charge in [0.05, 0.1) is 45.8 Å². The van der Waals surface area contributed by atoms with Crippen LogP contribution in [0.3, 0.4) is 0 Å². The fourth-order valence-corrected chi connectivity index (χ4v) is 7.99. The highest BCUT2D eigenvalue weighted by Crippen LogP contribution is 2.37. The van der Waals surface area contributed by atoms with E-state index in [0.717, 1.165) is 56.8 Å². The van der Waals surface area contributed by atoms with E-state index in [9.17, 15) is 14.9 Å². The van der Waals surface area contributed by atoms with E-state index >= 15 is 0 Å². The van der Waals surface area contributed by atoms with Crippen LogP contribution < -0.4 is 20.9 Å². The molecule has 13 nitrogen and oxygen atoms in total. The molecule has 2 atom stereocenters. The Hall–Kier alpha value is -4.77. The molecule has 7 rings (SSSR count). The Kier molecular flexibility index (Phi) is 11.4. The number of aromatic nitrogens is 5. The van der Waals surface area contributed by atoms with E-state index in [2.05, 4.69) is 64.2 Å². The number of piperazine rings is 1. The molecule has 1 aliphatic carbocycles. The first-order valence-corrected chi connectivity index (χ1v) is 19.1. The molecule has 0 spiro atoms. The van der Waals surface area contributed by atoms with Crippen molar-refractivity contribution >= 4 is 58.0 Å². The molecule has 2 saturated heterocycles. The predicted octanol–water partition coefficient (Wildman–Crippen LogP) is 6.44. The van der Waals surface area contributed by atoms with Crippen LogP contribution in [0.2, 0.25) is 10.0 Å². The monoisotopic (exact) mass is 755 g/mol. The molecule has 1 aromatic carbocycles. The third kappa shape index (κ3) is 8.89. The molecular weight excluding hydrogens is 713 g/mol. The lowest BCUT2D eigenvalue weighted by molar-refractivity contribution is -0.134. The maximum absolute atomic E-state index is 12.3. The van der Waals surface area contributed by atoms with Crippen molar-refractivity contribution in [2.24, 2.45) is 5.92 Å². The van der Waals surface area contributed by atoms with Crippen molar-refractivity contribution in [2.75, 3.05) is 48.3 Å². The molecule has 53 heavy (non-hydrogen) atoms. The predicted molar refractivity (Wildman–Crippen MR) is 205 cm³/mol. The number of rotatable bonds is 11. The number of carbonyl (C=O) groups is 2. The van der Waals surface area contributed by atoms with Crippen LogP contribution in [0.4, 0.5) is 23.0 Å². The van der Waals surface area contributed by atoms with E-state index in [1.54, 1.807) is 29.9 Å². The summed E-state index contributed by atoms with van der Waals surface area (Å²) in [5.41, 5.74) is 4.49. The van der Waals surface area contributed by atoms with Gasteiger partial charge in [-0.15, -0.1) is 5.10 Å². The number of anilines is 4. The van der Waals surface area contributed by atoms with Gasteiger partial charge in [-0.05, 0) is 81.7 Å². The van der Waals surface area contributed by atoms with Crippen molar-refractivity contribution in [3.05, 3.63) is 76.3 Å². The van der Waals surface area contributed by atoms with Crippen LogP contribution in [0, 0.1) is 17.2 Å². The van der Waals surface area contributed by atoms with Crippen LogP contribution in [0.1, 0.15) is 75.0 Å². The highest BCUT2D eigenvalue weighted by atomic mass is 35.5. The second-order valence-corrected chi connectivity index (χ2v) is 15.1. The van der Waals surface area contributed by atoms with Crippen molar-refractivity contribution in [3.8, 4) is 11.8 Å². The zero-order chi connectivity index (χ0) is 36.9. The lowest BCUT2D eigenvalue weighted by Gasteiger charge is -2.37. The van der Waals surface area contributed by atoms with Gasteiger partial charge >= 0.3 is 0 Å². The average molecular weight is 757 g/mol. The SMILES string of the molecule is C[C@H](C#N)Nc1cc(Nc2ncc(Cl)cc2Cl)ncc1-n1cc(C2CCC(CCN3CCN(c4ccc(C5CCC(=O)NC5=O)cc4)CC3)CC2)nn1. The number of nitriles is 1. The first kappa shape index (κ1) is 36.6. The van der Waals surface area contributed by atoms with Gasteiger partial charge in [0, 0.05) is 56.5 Å². The number of nitrogens with one attached hydrogen (secondary N) is 3. The molecule has 2 aliphatic heterocycles. The molecular formula is C38H43Cl2N11O2. The Bertz CT molecular complexity index is 1970. The normalized spacial score (nSPS) is 21.5. The summed E-state index contributed by atoms with van der Waals surface area (Å²) in [6.45, 7) is 6.94. The topological polar surface area (TPSA) is 157 Å². The lowest BCUT2D eigenvalue weighted by Crippen LogP contribution is -2.47. The molecule has 1 saturated carbocycles. The minimum atomic E-state index is -0.450. The van der Waals surface area contributed by atoms with Crippen molar-refractivity contribution in [1.82, 2.24) is 35.2 Å². The summed E-state index contributed by atoms with van der Waals surface area (Å²) in [5.74, 6) is 1.36. The molecule has 3 N–H and O–H groups in total. The van der Waals surface area contributed by atoms with E-state index in [4.69, 9.17) is 23.2 Å². The maximum Gasteiger partial charge on any atom is 0.234 e. The minimum absolute atomic E-state index is 0.182. The van der Waals surface area contributed by atoms with Gasteiger partial charge in [-0.3, -0.25) is 19.8 Å². The van der Waals surface area contributed by atoms with Gasteiger partial charge in [-0.1, -0.05) is 40.5 Å². The molecule has 4 aromatic rings. The van der Waals surface area contributed by atoms with Crippen LogP contribution in [0.15, 0.2) is 55.0 Å². The number of halogens is 2. The van der Waals surface area contributed by atoms with Gasteiger partial charge in [0.2, 0.25) is 11.8 Å². The third-order valence-corrected chi connectivity index (χ3v) is 11.1. The molecule has 0 bridgehead atoms. The van der Waals surface area contributed by atoms with Crippen molar-refractivity contribution in [2.45, 2.75) is 69.7 Å². The quantitative estimate of drug-likeness (QED) is 0.145. The van der Waals surface area contributed by atoms with E-state index in [1.807, 2.05) is 18.3 Å². The third-order valence-electron chi connectivity index (χ3n) is 10.7. The van der Waals surface area contributed by atoms with E-state index in [0.29, 0.717) is 57.7 Å². The maximum atomic E-state index is 12.3. The first-order chi connectivity index (χ1) is 25.7. The standard InChI is InChI=1S/C38H43Cl2N11O2/c1-24(20-41)44-32-19-35(45-37-31(40)18-28(39)21-43-37)42-22-34(32)51-23-33(47-48-51)27-4-2-25(3-5-27)12-13-49-14-16-50(17-15-49)29-8-6-26(7-9-29)30-10-11-36(52)46-38(30)53/h6-9,18-19,21-25,27,30H,2-5,10-17H2,1H3,(H,46,52,53)(H2,42,43,44,45)/t24-,25?,27?,30?/m1/s1. The molecule has 2 amide bonds. The smallest absolute Gasteiger partial charge is 0.234 e. The number of piperidine rings is 1. The van der Waals surface area contributed by atoms with Crippen LogP contribution in [0.25, 0.3) is 5.69 Å². The number of hydrogen-bond donors (Lipinski definition) is 3. The first-order valence-electron chi connectivity index (χ1n) is 18.3. The van der Waals surface area contributed by atoms with Crippen molar-refractivity contribution in [3.63, 3.8) is 0 Å². The fraction of sp³-hybridized carbons (Fsp3) is 0.447. The lowest BCUT2D eigenvalue weighted by atomic mass is 9.79. The summed E-state index contributed by atoms with van der Waals surface area (Å²) >= 11 is 12.3. The average Bonchev–Trinajstić information content (AvgIpc) is 3.66. The number of benzene rings is 1. The largest absolute Gasteiger partial charge is 0.369 e. The van der Waals surface area contributed by atoms with Crippen LogP contribution in [0.5, 0.6) is 0 Å². The number of pyridine rings is 2. The number of nitrogens with zero attached hydrogens (tertiary/aromatic N) is 8. The summed E-state index contributed by atoms with van der Waals surface area (Å²) in [7, 11) is 0. The summed E-state index contributed by atoms with van der Waals surface area (Å²) in [4.78, 5) is 37.6. The summed E-state index contributed by atoms with van der Waals surface area (Å²) in [6, 6.07) is 13.5. The number of imide groups is 1. The van der Waals surface area contributed by atoms with Gasteiger partial charge in [0.25, 0.3) is 0 Å². The van der Waals surface area contributed by atoms with Crippen LogP contribution in [-0.2, 0) is 9.59 Å². The van der Waals surface area contributed by atoms with Crippen LogP contribution >= 0.6 is 23.2 Å². The highest BCUT2D eigenvalue weighted by Gasteiger charge is 2.29. The van der Waals surface area contributed by atoms with Crippen LogP contribution in [-0.4, -0.2) is 80.4 Å². The summed E-state index contributed by atoms with van der Waals surface area (Å²) in [6.07, 6.45) is 11.9. The zero-order valence-corrected chi connectivity index (χ0v) is 31.2. The second kappa shape index (κ2) is 16.5. The molecule has 276 valence electrons. The van der Waals surface area contributed by atoms with Gasteiger partial charge in [-0.2, -0.15) is 5.26 Å². The zero-order valence-electron chi connectivity index (χ0n) is 29.6. The van der Waals surface area contributed by atoms with Gasteiger partial charge < -0.3 is 15.5 Å². The van der Waals surface area contributed by atoms with Crippen molar-refractivity contribution < 1.29 is 9.59 Å². The second-order valence-electron chi connectivity index (χ2n) is 14.2. The van der Waals surface area contributed by atoms with Gasteiger partial charge in [0.1, 0.15) is 23.4 Å². The molecule has 3 fully saturated rings. The highest BCUT2D eigenvalue weighted by molar-refractivity contribution is 6.36. The van der Waals surface area contributed by atoms with Crippen molar-refractivity contribution in [1.29, 1.82) is 5.26 Å². The minimum Gasteiger partial charge on any atom is -0.369 e. The van der Waals surface area contributed by atoms with E-state index in [-0.39, 0.29) is 17.7 Å². The van der Waals surface area contributed by atoms with E-state index in [1.165, 1.54) is 31.1 Å².